The van der Waals surface area contributed by atoms with E-state index in [2.05, 4.69) is 9.97 Å². The van der Waals surface area contributed by atoms with E-state index in [1.807, 2.05) is 4.90 Å². The highest BCUT2D eigenvalue weighted by atomic mass is 35.5. The van der Waals surface area contributed by atoms with E-state index in [9.17, 15) is 23.1 Å². The molecule has 2 heterocycles. The lowest BCUT2D eigenvalue weighted by molar-refractivity contribution is -0.137. The number of H-pyrrole nitrogens is 1. The van der Waals surface area contributed by atoms with Gasteiger partial charge in [0.1, 0.15) is 5.82 Å². The predicted molar refractivity (Wildman–Crippen MR) is 113 cm³/mol. The van der Waals surface area contributed by atoms with Crippen LogP contribution in [0.1, 0.15) is 22.4 Å². The summed E-state index contributed by atoms with van der Waals surface area (Å²) in [4.78, 5) is 21.9. The summed E-state index contributed by atoms with van der Waals surface area (Å²) in [5, 5.41) is 10.1. The minimum Gasteiger partial charge on any atom is -0.503 e. The van der Waals surface area contributed by atoms with Crippen molar-refractivity contribution in [3.05, 3.63) is 74.2 Å². The van der Waals surface area contributed by atoms with E-state index >= 15 is 0 Å². The lowest BCUT2D eigenvalue weighted by atomic mass is 10.0. The van der Waals surface area contributed by atoms with Crippen LogP contribution in [0.2, 0.25) is 5.02 Å². The molecule has 0 radical (unpaired) electrons. The molecule has 6 nitrogen and oxygen atoms in total. The number of aromatic amines is 1. The molecule has 0 bridgehead atoms. The van der Waals surface area contributed by atoms with Gasteiger partial charge in [0, 0.05) is 31.6 Å². The van der Waals surface area contributed by atoms with Crippen molar-refractivity contribution < 1.29 is 23.0 Å². The zero-order valence-corrected chi connectivity index (χ0v) is 17.7. The second-order valence-corrected chi connectivity index (χ2v) is 7.91. The second kappa shape index (κ2) is 8.48. The third kappa shape index (κ3) is 4.44. The third-order valence-corrected chi connectivity index (χ3v) is 5.64. The summed E-state index contributed by atoms with van der Waals surface area (Å²) in [6.45, 7) is 1.46. The Kier molecular flexibility index (Phi) is 5.87. The molecule has 1 aliphatic heterocycles. The maximum Gasteiger partial charge on any atom is 0.416 e. The summed E-state index contributed by atoms with van der Waals surface area (Å²) in [6, 6.07) is 7.86. The van der Waals surface area contributed by atoms with Gasteiger partial charge in [0.2, 0.25) is 0 Å². The number of aromatic hydroxyl groups is 1. The van der Waals surface area contributed by atoms with Crippen LogP contribution in [0.3, 0.4) is 0 Å². The molecule has 3 aromatic rings. The number of ether oxygens (including phenoxy) is 1. The van der Waals surface area contributed by atoms with Gasteiger partial charge in [0.05, 0.1) is 29.0 Å². The summed E-state index contributed by atoms with van der Waals surface area (Å²) in [7, 11) is 1.44. The number of phenols is 1. The highest BCUT2D eigenvalue weighted by Gasteiger charge is 2.30. The van der Waals surface area contributed by atoms with Crippen LogP contribution in [0.4, 0.5) is 13.2 Å². The van der Waals surface area contributed by atoms with E-state index in [-0.39, 0.29) is 27.9 Å². The predicted octanol–water partition coefficient (Wildman–Crippen LogP) is 4.38. The molecule has 0 saturated heterocycles. The van der Waals surface area contributed by atoms with Crippen molar-refractivity contribution in [1.82, 2.24) is 14.9 Å². The second-order valence-electron chi connectivity index (χ2n) is 7.50. The number of methoxy groups -OCH3 is 1. The maximum absolute atomic E-state index is 12.8. The smallest absolute Gasteiger partial charge is 0.416 e. The van der Waals surface area contributed by atoms with Crippen molar-refractivity contribution in [2.45, 2.75) is 25.7 Å². The Bertz CT molecular complexity index is 1210. The van der Waals surface area contributed by atoms with Gasteiger partial charge < -0.3 is 14.8 Å². The Morgan fingerprint density at radius 3 is 2.62 bits per heavy atom. The van der Waals surface area contributed by atoms with Crippen LogP contribution in [0, 0.1) is 0 Å². The Morgan fingerprint density at radius 1 is 1.25 bits per heavy atom. The fourth-order valence-electron chi connectivity index (χ4n) is 3.70. The first-order chi connectivity index (χ1) is 15.2. The van der Waals surface area contributed by atoms with Gasteiger partial charge >= 0.3 is 6.18 Å². The van der Waals surface area contributed by atoms with E-state index in [1.54, 1.807) is 12.1 Å². The van der Waals surface area contributed by atoms with Crippen LogP contribution >= 0.6 is 11.6 Å². The third-order valence-electron chi connectivity index (χ3n) is 5.35. The average molecular weight is 466 g/mol. The Balaban J connectivity index is 1.55. The zero-order chi connectivity index (χ0) is 23.0. The average Bonchev–Trinajstić information content (AvgIpc) is 2.76. The minimum atomic E-state index is -4.43. The highest BCUT2D eigenvalue weighted by molar-refractivity contribution is 6.32. The van der Waals surface area contributed by atoms with Crippen molar-refractivity contribution in [3.63, 3.8) is 0 Å². The van der Waals surface area contributed by atoms with E-state index in [4.69, 9.17) is 16.3 Å². The largest absolute Gasteiger partial charge is 0.503 e. The number of halogens is 4. The summed E-state index contributed by atoms with van der Waals surface area (Å²) in [6.07, 6.45) is -3.92. The van der Waals surface area contributed by atoms with Crippen LogP contribution in [0.5, 0.6) is 11.5 Å². The first-order valence-electron chi connectivity index (χ1n) is 9.73. The number of alkyl halides is 3. The quantitative estimate of drug-likeness (QED) is 0.598. The van der Waals surface area contributed by atoms with Gasteiger partial charge in [-0.1, -0.05) is 23.7 Å². The van der Waals surface area contributed by atoms with Crippen molar-refractivity contribution >= 4 is 11.6 Å². The highest BCUT2D eigenvalue weighted by Crippen LogP contribution is 2.35. The standard InChI is InChI=1S/C22H19ClF3N3O3/c1-32-18-9-12(8-16(23)19(18)30)10-29-7-6-17-15(11-29)21(31)28-20(27-17)13-2-4-14(5-3-13)22(24,25)26/h2-5,8-9,30H,6-7,10-11H2,1H3,(H,27,28,31). The van der Waals surface area contributed by atoms with E-state index in [0.717, 1.165) is 17.7 Å². The van der Waals surface area contributed by atoms with Gasteiger partial charge in [-0.25, -0.2) is 4.98 Å². The molecule has 2 N–H and O–H groups in total. The van der Waals surface area contributed by atoms with Crippen LogP contribution < -0.4 is 10.3 Å². The number of fused-ring (bicyclic) bond motifs is 1. The van der Waals surface area contributed by atoms with E-state index < -0.39 is 11.7 Å². The number of nitrogens with zero attached hydrogens (tertiary/aromatic N) is 2. The van der Waals surface area contributed by atoms with Gasteiger partial charge in [-0.2, -0.15) is 13.2 Å². The number of rotatable bonds is 4. The van der Waals surface area contributed by atoms with Crippen molar-refractivity contribution in [2.24, 2.45) is 0 Å². The molecule has 0 atom stereocenters. The molecule has 0 spiro atoms. The zero-order valence-electron chi connectivity index (χ0n) is 17.0. The number of phenolic OH excluding ortho intramolecular Hbond substituents is 1. The number of aromatic nitrogens is 2. The molecule has 2 aromatic carbocycles. The van der Waals surface area contributed by atoms with Crippen LogP contribution in [0.25, 0.3) is 11.4 Å². The topological polar surface area (TPSA) is 78.5 Å². The fourth-order valence-corrected chi connectivity index (χ4v) is 3.94. The first kappa shape index (κ1) is 22.2. The molecular weight excluding hydrogens is 447 g/mol. The monoisotopic (exact) mass is 465 g/mol. The Hall–Kier alpha value is -3.04. The van der Waals surface area contributed by atoms with Crippen LogP contribution in [0.15, 0.2) is 41.2 Å². The minimum absolute atomic E-state index is 0.127. The summed E-state index contributed by atoms with van der Waals surface area (Å²) < 4.78 is 43.5. The van der Waals surface area contributed by atoms with Crippen molar-refractivity contribution in [2.75, 3.05) is 13.7 Å². The van der Waals surface area contributed by atoms with Gasteiger partial charge in [-0.3, -0.25) is 9.69 Å². The van der Waals surface area contributed by atoms with E-state index in [0.29, 0.717) is 42.9 Å². The van der Waals surface area contributed by atoms with Gasteiger partial charge in [-0.15, -0.1) is 0 Å². The fraction of sp³-hybridized carbons (Fsp3) is 0.273. The van der Waals surface area contributed by atoms with E-state index in [1.165, 1.54) is 19.2 Å². The number of hydrogen-bond donors (Lipinski definition) is 2. The first-order valence-corrected chi connectivity index (χ1v) is 10.1. The molecule has 32 heavy (non-hydrogen) atoms. The molecule has 4 rings (SSSR count). The maximum atomic E-state index is 12.8. The Morgan fingerprint density at radius 2 is 1.97 bits per heavy atom. The molecule has 0 unspecified atom stereocenters. The normalized spacial score (nSPS) is 14.3. The molecule has 0 fully saturated rings. The molecule has 10 heteroatoms. The number of hydrogen-bond acceptors (Lipinski definition) is 5. The molecule has 1 aliphatic rings. The molecule has 0 amide bonds. The summed E-state index contributed by atoms with van der Waals surface area (Å²) >= 11 is 6.06. The Labute approximate surface area is 186 Å². The molecule has 168 valence electrons. The lowest BCUT2D eigenvalue weighted by Gasteiger charge is -2.28. The molecule has 0 saturated carbocycles. The SMILES string of the molecule is COc1cc(CN2CCc3nc(-c4ccc(C(F)(F)F)cc4)[nH]c(=O)c3C2)cc(Cl)c1O. The van der Waals surface area contributed by atoms with Crippen LogP contribution in [-0.4, -0.2) is 33.6 Å². The van der Waals surface area contributed by atoms with Gasteiger partial charge in [-0.05, 0) is 29.8 Å². The number of benzene rings is 2. The molecule has 0 aliphatic carbocycles. The molecule has 1 aromatic heterocycles. The van der Waals surface area contributed by atoms with Gasteiger partial charge in [0.25, 0.3) is 5.56 Å². The van der Waals surface area contributed by atoms with Gasteiger partial charge in [0.15, 0.2) is 11.5 Å². The number of nitrogens with one attached hydrogen (secondary N) is 1. The molecular formula is C22H19ClF3N3O3. The summed E-state index contributed by atoms with van der Waals surface area (Å²) in [5.74, 6) is 0.384. The summed E-state index contributed by atoms with van der Waals surface area (Å²) in [5.41, 5.74) is 1.29. The lowest BCUT2D eigenvalue weighted by Crippen LogP contribution is -2.35. The van der Waals surface area contributed by atoms with Crippen LogP contribution in [-0.2, 0) is 25.7 Å². The van der Waals surface area contributed by atoms with Crippen molar-refractivity contribution in [3.8, 4) is 22.9 Å². The van der Waals surface area contributed by atoms with Crippen molar-refractivity contribution in [1.29, 1.82) is 0 Å².